The molecule has 4 nitrogen and oxygen atoms in total. The molecule has 298 valence electrons. The summed E-state index contributed by atoms with van der Waals surface area (Å²) in [5, 5.41) is 5.68. The van der Waals surface area contributed by atoms with Crippen LogP contribution in [0.5, 0.6) is 0 Å². The van der Waals surface area contributed by atoms with Crippen LogP contribution < -0.4 is 0 Å². The molecular weight excluding hydrogens is 767 g/mol. The lowest BCUT2D eigenvalue weighted by molar-refractivity contribution is 0.669. The predicted molar refractivity (Wildman–Crippen MR) is 261 cm³/mol. The molecule has 0 N–H and O–H groups in total. The summed E-state index contributed by atoms with van der Waals surface area (Å²) in [7, 11) is 0. The molecule has 0 aliphatic heterocycles. The van der Waals surface area contributed by atoms with Gasteiger partial charge in [0.25, 0.3) is 0 Å². The topological polar surface area (TPSA) is 51.8 Å². The van der Waals surface area contributed by atoms with Gasteiger partial charge in [-0.2, -0.15) is 0 Å². The van der Waals surface area contributed by atoms with Gasteiger partial charge in [0.1, 0.15) is 11.2 Å². The van der Waals surface area contributed by atoms with E-state index in [1.165, 1.54) is 22.1 Å². The molecule has 0 fully saturated rings. The third kappa shape index (κ3) is 6.68. The number of nitrogens with zero attached hydrogens (tertiary/aromatic N) is 3. The zero-order chi connectivity index (χ0) is 41.7. The molecule has 12 rings (SSSR count). The summed E-state index contributed by atoms with van der Waals surface area (Å²) in [6.45, 7) is 0. The average molecular weight is 808 g/mol. The van der Waals surface area contributed by atoms with Crippen LogP contribution >= 0.6 is 0 Å². The first kappa shape index (κ1) is 36.9. The molecule has 3 heterocycles. The fourth-order valence-electron chi connectivity index (χ4n) is 9.62. The number of furan rings is 1. The molecule has 1 atom stereocenters. The highest BCUT2D eigenvalue weighted by molar-refractivity contribution is 6.27. The highest BCUT2D eigenvalue weighted by Gasteiger charge is 2.23. The number of hydrogen-bond donors (Lipinski definition) is 0. The molecular formula is C59H41N3O. The Bertz CT molecular complexity index is 3540. The highest BCUT2D eigenvalue weighted by atomic mass is 16.3. The molecule has 0 spiro atoms. The van der Waals surface area contributed by atoms with Crippen LogP contribution in [0.4, 0.5) is 0 Å². The van der Waals surface area contributed by atoms with Crippen LogP contribution in [0, 0.1) is 0 Å². The van der Waals surface area contributed by atoms with Crippen molar-refractivity contribution in [3.63, 3.8) is 0 Å². The predicted octanol–water partition coefficient (Wildman–Crippen LogP) is 15.6. The van der Waals surface area contributed by atoms with E-state index in [9.17, 15) is 0 Å². The zero-order valence-corrected chi connectivity index (χ0v) is 34.6. The lowest BCUT2D eigenvalue weighted by Crippen LogP contribution is -2.00. The number of allylic oxidation sites excluding steroid dienone is 8. The van der Waals surface area contributed by atoms with Crippen molar-refractivity contribution >= 4 is 54.8 Å². The van der Waals surface area contributed by atoms with E-state index in [4.69, 9.17) is 19.4 Å². The molecule has 2 aliphatic rings. The van der Waals surface area contributed by atoms with E-state index in [1.807, 2.05) is 12.1 Å². The highest BCUT2D eigenvalue weighted by Crippen LogP contribution is 2.46. The maximum Gasteiger partial charge on any atom is 0.160 e. The summed E-state index contributed by atoms with van der Waals surface area (Å²) in [5.74, 6) is 1.05. The summed E-state index contributed by atoms with van der Waals surface area (Å²) in [6.07, 6.45) is 16.3. The monoisotopic (exact) mass is 807 g/mol. The standard InChI is InChI=1S/C59H41N3O/c1-4-17-38(18-5-1)41-23-14-26-44(33-41)52-37-51(39-19-6-2-7-20-39)61-59(62-52)46-28-16-25-43(35-46)42-24-15-27-45(34-42)58-49-36-54-57(48-30-11-13-32-53(48)63-54)55(40-21-8-3-9-22-40)56(49)47-29-10-12-31-50(47)60-58/h1-14,16-17,19-26,28-38H,15,18,27H2. The molecule has 3 aromatic heterocycles. The quantitative estimate of drug-likeness (QED) is 0.151. The molecule has 0 radical (unpaired) electrons. The first-order valence-electron chi connectivity index (χ1n) is 21.8. The Hall–Kier alpha value is -7.95. The van der Waals surface area contributed by atoms with E-state index in [0.717, 1.165) is 108 Å². The Kier molecular flexibility index (Phi) is 9.07. The Labute approximate surface area is 366 Å². The molecule has 0 saturated heterocycles. The average Bonchev–Trinajstić information content (AvgIpc) is 3.74. The molecule has 0 saturated carbocycles. The lowest BCUT2D eigenvalue weighted by Gasteiger charge is -2.19. The number of benzene rings is 7. The maximum absolute atomic E-state index is 6.65. The zero-order valence-electron chi connectivity index (χ0n) is 34.6. The summed E-state index contributed by atoms with van der Waals surface area (Å²) in [4.78, 5) is 16.0. The second-order valence-electron chi connectivity index (χ2n) is 16.5. The molecule has 10 aromatic rings. The number of pyridine rings is 1. The summed E-state index contributed by atoms with van der Waals surface area (Å²) in [5.41, 5.74) is 15.8. The SMILES string of the molecule is C1=CCC(c2cccc(-c3cc(-c4ccccc4)nc(-c4cccc(C5=CCCC(c6nc7ccccc7c7c(-c8ccccc8)c8c(cc67)oc6ccccc68)=C5)c4)n3)c2)C=C1. The van der Waals surface area contributed by atoms with Gasteiger partial charge < -0.3 is 4.42 Å². The number of fused-ring (bicyclic) bond motifs is 6. The van der Waals surface area contributed by atoms with Crippen LogP contribution in [0.25, 0.3) is 99.8 Å². The van der Waals surface area contributed by atoms with Crippen LogP contribution in [-0.4, -0.2) is 15.0 Å². The van der Waals surface area contributed by atoms with Gasteiger partial charge in [-0.1, -0.05) is 164 Å². The Balaban J connectivity index is 0.993. The van der Waals surface area contributed by atoms with Crippen molar-refractivity contribution in [2.24, 2.45) is 0 Å². The normalized spacial score (nSPS) is 15.0. The van der Waals surface area contributed by atoms with Crippen LogP contribution in [-0.2, 0) is 0 Å². The van der Waals surface area contributed by atoms with Crippen LogP contribution in [0.1, 0.15) is 42.0 Å². The molecule has 63 heavy (non-hydrogen) atoms. The van der Waals surface area contributed by atoms with Crippen molar-refractivity contribution < 1.29 is 4.42 Å². The maximum atomic E-state index is 6.65. The third-order valence-corrected chi connectivity index (χ3v) is 12.6. The summed E-state index contributed by atoms with van der Waals surface area (Å²) in [6, 6.07) is 60.0. The van der Waals surface area contributed by atoms with Gasteiger partial charge in [-0.3, -0.25) is 0 Å². The van der Waals surface area contributed by atoms with Gasteiger partial charge in [0, 0.05) is 55.1 Å². The smallest absolute Gasteiger partial charge is 0.160 e. The van der Waals surface area contributed by atoms with Gasteiger partial charge >= 0.3 is 0 Å². The molecule has 7 aromatic carbocycles. The van der Waals surface area contributed by atoms with E-state index < -0.39 is 0 Å². The Morgan fingerprint density at radius 1 is 0.508 bits per heavy atom. The fourth-order valence-corrected chi connectivity index (χ4v) is 9.62. The van der Waals surface area contributed by atoms with Gasteiger partial charge in [-0.25, -0.2) is 15.0 Å². The van der Waals surface area contributed by atoms with Gasteiger partial charge in [-0.15, -0.1) is 0 Å². The minimum atomic E-state index is 0.350. The van der Waals surface area contributed by atoms with Crippen LogP contribution in [0.15, 0.2) is 211 Å². The number of aromatic nitrogens is 3. The second kappa shape index (κ2) is 15.5. The van der Waals surface area contributed by atoms with Crippen molar-refractivity contribution in [3.8, 4) is 45.0 Å². The molecule has 1 unspecified atom stereocenters. The molecule has 4 heteroatoms. The minimum absolute atomic E-state index is 0.350. The van der Waals surface area contributed by atoms with Crippen molar-refractivity contribution in [1.82, 2.24) is 15.0 Å². The summed E-state index contributed by atoms with van der Waals surface area (Å²) < 4.78 is 6.65. The van der Waals surface area contributed by atoms with Crippen molar-refractivity contribution in [2.75, 3.05) is 0 Å². The van der Waals surface area contributed by atoms with E-state index in [-0.39, 0.29) is 0 Å². The van der Waals surface area contributed by atoms with Crippen molar-refractivity contribution in [1.29, 1.82) is 0 Å². The molecule has 2 aliphatic carbocycles. The number of hydrogen-bond acceptors (Lipinski definition) is 4. The number of para-hydroxylation sites is 2. The Morgan fingerprint density at radius 3 is 2.06 bits per heavy atom. The van der Waals surface area contributed by atoms with Crippen LogP contribution in [0.2, 0.25) is 0 Å². The largest absolute Gasteiger partial charge is 0.456 e. The fraction of sp³-hybridized carbons (Fsp3) is 0.0678. The van der Waals surface area contributed by atoms with E-state index in [0.29, 0.717) is 11.7 Å². The van der Waals surface area contributed by atoms with Crippen molar-refractivity contribution in [3.05, 3.63) is 223 Å². The van der Waals surface area contributed by atoms with Gasteiger partial charge in [0.2, 0.25) is 0 Å². The molecule has 0 bridgehead atoms. The number of rotatable bonds is 7. The van der Waals surface area contributed by atoms with E-state index in [1.54, 1.807) is 0 Å². The van der Waals surface area contributed by atoms with Crippen LogP contribution in [0.3, 0.4) is 0 Å². The van der Waals surface area contributed by atoms with Gasteiger partial charge in [-0.05, 0) is 89.6 Å². The van der Waals surface area contributed by atoms with E-state index in [2.05, 4.69) is 194 Å². The first-order chi connectivity index (χ1) is 31.2. The summed E-state index contributed by atoms with van der Waals surface area (Å²) >= 11 is 0. The minimum Gasteiger partial charge on any atom is -0.456 e. The van der Waals surface area contributed by atoms with Crippen molar-refractivity contribution in [2.45, 2.75) is 25.2 Å². The Morgan fingerprint density at radius 2 is 1.22 bits per heavy atom. The second-order valence-corrected chi connectivity index (χ2v) is 16.5. The lowest BCUT2D eigenvalue weighted by atomic mass is 9.87. The van der Waals surface area contributed by atoms with Gasteiger partial charge in [0.05, 0.1) is 22.6 Å². The molecule has 0 amide bonds. The third-order valence-electron chi connectivity index (χ3n) is 12.6. The first-order valence-corrected chi connectivity index (χ1v) is 21.8. The van der Waals surface area contributed by atoms with E-state index >= 15 is 0 Å². The van der Waals surface area contributed by atoms with Gasteiger partial charge in [0.15, 0.2) is 5.82 Å².